The Balaban J connectivity index is 1.69. The minimum absolute atomic E-state index is 0.0380. The van der Waals surface area contributed by atoms with Crippen molar-refractivity contribution >= 4 is 5.91 Å². The van der Waals surface area contributed by atoms with Crippen LogP contribution in [0.1, 0.15) is 36.7 Å². The number of hydrogen-bond acceptors (Lipinski definition) is 4. The summed E-state index contributed by atoms with van der Waals surface area (Å²) in [4.78, 5) is 14.6. The predicted molar refractivity (Wildman–Crippen MR) is 95.7 cm³/mol. The second kappa shape index (κ2) is 8.16. The molecular formula is C19H25N3O3. The molecule has 0 saturated carbocycles. The highest BCUT2D eigenvalue weighted by atomic mass is 16.5. The number of nitrogens with one attached hydrogen (secondary N) is 1. The Hall–Kier alpha value is -2.34. The van der Waals surface area contributed by atoms with E-state index in [1.165, 1.54) is 6.42 Å². The molecule has 0 bridgehead atoms. The number of carbonyl (C=O) groups is 1. The first kappa shape index (κ1) is 17.5. The summed E-state index contributed by atoms with van der Waals surface area (Å²) in [6.07, 6.45) is 3.44. The topological polar surface area (TPSA) is 67.4 Å². The molecule has 1 N–H and O–H groups in total. The fourth-order valence-electron chi connectivity index (χ4n) is 3.06. The van der Waals surface area contributed by atoms with Crippen molar-refractivity contribution in [2.75, 3.05) is 26.8 Å². The molecule has 1 amide bonds. The average Bonchev–Trinajstić information content (AvgIpc) is 3.16. The number of hydrogen-bond donors (Lipinski definition) is 1. The Morgan fingerprint density at radius 2 is 2.16 bits per heavy atom. The Morgan fingerprint density at radius 1 is 1.36 bits per heavy atom. The third kappa shape index (κ3) is 4.20. The van der Waals surface area contributed by atoms with Crippen LogP contribution in [0.25, 0.3) is 11.3 Å². The number of aromatic nitrogens is 2. The largest absolute Gasteiger partial charge is 0.497 e. The highest BCUT2D eigenvalue weighted by molar-refractivity contribution is 5.93. The molecule has 2 aromatic rings. The van der Waals surface area contributed by atoms with E-state index in [9.17, 15) is 4.79 Å². The van der Waals surface area contributed by atoms with E-state index in [-0.39, 0.29) is 12.0 Å². The number of methoxy groups -OCH3 is 1. The number of aromatic amines is 1. The van der Waals surface area contributed by atoms with E-state index in [1.807, 2.05) is 36.1 Å². The Bertz CT molecular complexity index is 690. The number of carbonyl (C=O) groups excluding carboxylic acids is 1. The number of nitrogens with zero attached hydrogens (tertiary/aromatic N) is 2. The first-order valence-electron chi connectivity index (χ1n) is 8.82. The summed E-state index contributed by atoms with van der Waals surface area (Å²) in [5, 5.41) is 7.15. The molecule has 0 radical (unpaired) electrons. The van der Waals surface area contributed by atoms with Gasteiger partial charge < -0.3 is 14.4 Å². The normalized spacial score (nSPS) is 17.3. The zero-order valence-corrected chi connectivity index (χ0v) is 14.8. The van der Waals surface area contributed by atoms with Gasteiger partial charge in [-0.15, -0.1) is 0 Å². The zero-order chi connectivity index (χ0) is 17.6. The van der Waals surface area contributed by atoms with Crippen LogP contribution in [0.4, 0.5) is 0 Å². The molecule has 6 heteroatoms. The molecule has 1 aromatic heterocycles. The summed E-state index contributed by atoms with van der Waals surface area (Å²) in [7, 11) is 1.63. The smallest absolute Gasteiger partial charge is 0.271 e. The highest BCUT2D eigenvalue weighted by Gasteiger charge is 2.22. The lowest BCUT2D eigenvalue weighted by molar-refractivity contribution is -0.00323. The van der Waals surface area contributed by atoms with Gasteiger partial charge in [-0.2, -0.15) is 5.10 Å². The first-order chi connectivity index (χ1) is 12.2. The molecule has 3 rings (SSSR count). The molecule has 134 valence electrons. The van der Waals surface area contributed by atoms with Crippen molar-refractivity contribution in [3.63, 3.8) is 0 Å². The van der Waals surface area contributed by atoms with Crippen LogP contribution in [0.5, 0.6) is 5.75 Å². The van der Waals surface area contributed by atoms with Gasteiger partial charge in [0.15, 0.2) is 0 Å². The van der Waals surface area contributed by atoms with Gasteiger partial charge in [-0.05, 0) is 56.5 Å². The molecule has 1 saturated heterocycles. The number of benzene rings is 1. The molecule has 1 fully saturated rings. The SMILES string of the molecule is CCN(CC1CCCCO1)C(=O)c1cc(-c2ccc(OC)cc2)n[nH]1. The van der Waals surface area contributed by atoms with Crippen LogP contribution in [0, 0.1) is 0 Å². The van der Waals surface area contributed by atoms with Crippen molar-refractivity contribution in [1.29, 1.82) is 0 Å². The van der Waals surface area contributed by atoms with Crippen molar-refractivity contribution in [3.8, 4) is 17.0 Å². The maximum Gasteiger partial charge on any atom is 0.271 e. The number of amides is 1. The highest BCUT2D eigenvalue weighted by Crippen LogP contribution is 2.22. The van der Waals surface area contributed by atoms with Gasteiger partial charge in [0, 0.05) is 25.3 Å². The summed E-state index contributed by atoms with van der Waals surface area (Å²) >= 11 is 0. The molecule has 0 aliphatic carbocycles. The fraction of sp³-hybridized carbons (Fsp3) is 0.474. The quantitative estimate of drug-likeness (QED) is 0.875. The standard InChI is InChI=1S/C19H25N3O3/c1-3-22(13-16-6-4-5-11-25-16)19(23)18-12-17(20-21-18)14-7-9-15(24-2)10-8-14/h7-10,12,16H,3-6,11,13H2,1-2H3,(H,20,21). The van der Waals surface area contributed by atoms with Gasteiger partial charge in [0.1, 0.15) is 11.4 Å². The van der Waals surface area contributed by atoms with Crippen molar-refractivity contribution in [1.82, 2.24) is 15.1 Å². The summed E-state index contributed by atoms with van der Waals surface area (Å²) in [6.45, 7) is 4.06. The molecule has 6 nitrogen and oxygen atoms in total. The van der Waals surface area contributed by atoms with E-state index in [1.54, 1.807) is 13.2 Å². The lowest BCUT2D eigenvalue weighted by atomic mass is 10.1. The van der Waals surface area contributed by atoms with Crippen LogP contribution in [-0.4, -0.2) is 53.9 Å². The molecule has 1 aliphatic rings. The Labute approximate surface area is 148 Å². The van der Waals surface area contributed by atoms with Crippen molar-refractivity contribution in [3.05, 3.63) is 36.0 Å². The van der Waals surface area contributed by atoms with Crippen LogP contribution in [0.2, 0.25) is 0 Å². The molecule has 2 heterocycles. The molecule has 25 heavy (non-hydrogen) atoms. The van der Waals surface area contributed by atoms with Crippen LogP contribution < -0.4 is 4.74 Å². The molecule has 0 spiro atoms. The lowest BCUT2D eigenvalue weighted by Gasteiger charge is -2.28. The van der Waals surface area contributed by atoms with Gasteiger partial charge in [0.2, 0.25) is 0 Å². The number of likely N-dealkylation sites (N-methyl/N-ethyl adjacent to an activating group) is 1. The summed E-state index contributed by atoms with van der Waals surface area (Å²) in [6, 6.07) is 9.41. The van der Waals surface area contributed by atoms with Crippen LogP contribution in [-0.2, 0) is 4.74 Å². The zero-order valence-electron chi connectivity index (χ0n) is 14.8. The van der Waals surface area contributed by atoms with Crippen molar-refractivity contribution in [2.24, 2.45) is 0 Å². The molecule has 1 aromatic carbocycles. The van der Waals surface area contributed by atoms with E-state index in [0.29, 0.717) is 18.8 Å². The van der Waals surface area contributed by atoms with Gasteiger partial charge in [-0.1, -0.05) is 0 Å². The number of ether oxygens (including phenoxy) is 2. The second-order valence-electron chi connectivity index (χ2n) is 6.23. The van der Waals surface area contributed by atoms with Crippen LogP contribution in [0.15, 0.2) is 30.3 Å². The Kier molecular flexibility index (Phi) is 5.71. The monoisotopic (exact) mass is 343 g/mol. The predicted octanol–water partition coefficient (Wildman–Crippen LogP) is 3.12. The molecule has 1 unspecified atom stereocenters. The average molecular weight is 343 g/mol. The first-order valence-corrected chi connectivity index (χ1v) is 8.82. The van der Waals surface area contributed by atoms with Gasteiger partial charge in [0.05, 0.1) is 18.9 Å². The molecule has 1 aliphatic heterocycles. The van der Waals surface area contributed by atoms with E-state index in [0.717, 1.165) is 36.5 Å². The third-order valence-corrected chi connectivity index (χ3v) is 4.56. The van der Waals surface area contributed by atoms with E-state index < -0.39 is 0 Å². The van der Waals surface area contributed by atoms with E-state index in [2.05, 4.69) is 10.2 Å². The summed E-state index contributed by atoms with van der Waals surface area (Å²) < 4.78 is 10.9. The van der Waals surface area contributed by atoms with Gasteiger partial charge in [0.25, 0.3) is 5.91 Å². The lowest BCUT2D eigenvalue weighted by Crippen LogP contribution is -2.39. The molecule has 1 atom stereocenters. The van der Waals surface area contributed by atoms with Crippen molar-refractivity contribution in [2.45, 2.75) is 32.3 Å². The maximum absolute atomic E-state index is 12.8. The van der Waals surface area contributed by atoms with E-state index >= 15 is 0 Å². The summed E-state index contributed by atoms with van der Waals surface area (Å²) in [5.41, 5.74) is 2.19. The molecular weight excluding hydrogens is 318 g/mol. The summed E-state index contributed by atoms with van der Waals surface area (Å²) in [5.74, 6) is 0.754. The number of H-pyrrole nitrogens is 1. The van der Waals surface area contributed by atoms with Gasteiger partial charge in [-0.3, -0.25) is 9.89 Å². The van der Waals surface area contributed by atoms with Gasteiger partial charge in [-0.25, -0.2) is 0 Å². The third-order valence-electron chi connectivity index (χ3n) is 4.56. The second-order valence-corrected chi connectivity index (χ2v) is 6.23. The fourth-order valence-corrected chi connectivity index (χ4v) is 3.06. The van der Waals surface area contributed by atoms with Crippen LogP contribution >= 0.6 is 0 Å². The maximum atomic E-state index is 12.8. The minimum Gasteiger partial charge on any atom is -0.497 e. The Morgan fingerprint density at radius 3 is 2.80 bits per heavy atom. The van der Waals surface area contributed by atoms with E-state index in [4.69, 9.17) is 9.47 Å². The van der Waals surface area contributed by atoms with Crippen LogP contribution in [0.3, 0.4) is 0 Å². The number of rotatable bonds is 6. The van der Waals surface area contributed by atoms with Crippen molar-refractivity contribution < 1.29 is 14.3 Å². The van der Waals surface area contributed by atoms with Gasteiger partial charge >= 0.3 is 0 Å². The minimum atomic E-state index is -0.0380.